The lowest BCUT2D eigenvalue weighted by Crippen LogP contribution is -2.26. The molecule has 0 aromatic heterocycles. The maximum Gasteiger partial charge on any atom is 0.305 e. The molecule has 21 heavy (non-hydrogen) atoms. The Balaban J connectivity index is 2.17. The van der Waals surface area contributed by atoms with Gasteiger partial charge < -0.3 is 4.74 Å². The fourth-order valence-electron chi connectivity index (χ4n) is 2.58. The SMILES string of the molecule is COC(=O)CCC1(CN=[N+]=[N-])C=CC2(C=CCC=C2)C=C1. The van der Waals surface area contributed by atoms with Crippen molar-refractivity contribution < 1.29 is 9.53 Å². The molecule has 0 aromatic carbocycles. The van der Waals surface area contributed by atoms with Crippen LogP contribution in [0.5, 0.6) is 0 Å². The first kappa shape index (κ1) is 15.1. The van der Waals surface area contributed by atoms with Gasteiger partial charge >= 0.3 is 5.97 Å². The van der Waals surface area contributed by atoms with Crippen LogP contribution >= 0.6 is 0 Å². The molecule has 0 saturated heterocycles. The second-order valence-electron chi connectivity index (χ2n) is 5.41. The number of ether oxygens (including phenoxy) is 1. The molecule has 5 heteroatoms. The lowest BCUT2D eigenvalue weighted by molar-refractivity contribution is -0.141. The van der Waals surface area contributed by atoms with Crippen LogP contribution < -0.4 is 0 Å². The molecule has 0 bridgehead atoms. The second kappa shape index (κ2) is 6.46. The molecule has 0 N–H and O–H groups in total. The second-order valence-corrected chi connectivity index (χ2v) is 5.41. The van der Waals surface area contributed by atoms with Crippen molar-refractivity contribution in [2.75, 3.05) is 13.7 Å². The topological polar surface area (TPSA) is 75.1 Å². The normalized spacial score (nSPS) is 20.2. The summed E-state index contributed by atoms with van der Waals surface area (Å²) in [7, 11) is 1.38. The monoisotopic (exact) mass is 285 g/mol. The minimum atomic E-state index is -0.412. The Kier molecular flexibility index (Phi) is 4.66. The lowest BCUT2D eigenvalue weighted by atomic mass is 9.71. The molecule has 0 amide bonds. The zero-order valence-corrected chi connectivity index (χ0v) is 12.1. The molecule has 2 rings (SSSR count). The van der Waals surface area contributed by atoms with Crippen LogP contribution in [-0.4, -0.2) is 19.6 Å². The molecule has 0 fully saturated rings. The molecule has 1 spiro atoms. The van der Waals surface area contributed by atoms with Gasteiger partial charge in [-0.15, -0.1) is 0 Å². The van der Waals surface area contributed by atoms with E-state index in [0.717, 1.165) is 6.42 Å². The van der Waals surface area contributed by atoms with Crippen molar-refractivity contribution in [3.63, 3.8) is 0 Å². The Morgan fingerprint density at radius 2 is 1.90 bits per heavy atom. The molecule has 5 nitrogen and oxygen atoms in total. The van der Waals surface area contributed by atoms with Gasteiger partial charge in [-0.2, -0.15) is 0 Å². The largest absolute Gasteiger partial charge is 0.469 e. The summed E-state index contributed by atoms with van der Waals surface area (Å²) in [6, 6.07) is 0. The fraction of sp³-hybridized carbons (Fsp3) is 0.438. The van der Waals surface area contributed by atoms with E-state index in [1.807, 2.05) is 12.2 Å². The van der Waals surface area contributed by atoms with Gasteiger partial charge in [0.2, 0.25) is 0 Å². The number of methoxy groups -OCH3 is 1. The number of carbonyl (C=O) groups excluding carboxylic acids is 1. The highest BCUT2D eigenvalue weighted by atomic mass is 16.5. The number of carbonyl (C=O) groups is 1. The third-order valence-corrected chi connectivity index (χ3v) is 3.94. The molecular formula is C16H19N3O2. The summed E-state index contributed by atoms with van der Waals surface area (Å²) < 4.78 is 4.69. The minimum Gasteiger partial charge on any atom is -0.469 e. The number of esters is 1. The van der Waals surface area contributed by atoms with Crippen LogP contribution in [-0.2, 0) is 9.53 Å². The summed E-state index contributed by atoms with van der Waals surface area (Å²) in [6.45, 7) is 0.303. The summed E-state index contributed by atoms with van der Waals surface area (Å²) in [5.41, 5.74) is 7.98. The van der Waals surface area contributed by atoms with Gasteiger partial charge in [-0.1, -0.05) is 53.7 Å². The summed E-state index contributed by atoms with van der Waals surface area (Å²) in [6.07, 6.45) is 18.7. The van der Waals surface area contributed by atoms with Crippen molar-refractivity contribution in [1.29, 1.82) is 0 Å². The highest BCUT2D eigenvalue weighted by Crippen LogP contribution is 2.40. The number of hydrogen-bond acceptors (Lipinski definition) is 3. The summed E-state index contributed by atoms with van der Waals surface area (Å²) in [4.78, 5) is 14.2. The van der Waals surface area contributed by atoms with E-state index in [-0.39, 0.29) is 11.4 Å². The van der Waals surface area contributed by atoms with Crippen LogP contribution in [0.2, 0.25) is 0 Å². The summed E-state index contributed by atoms with van der Waals surface area (Å²) in [5.74, 6) is -0.255. The van der Waals surface area contributed by atoms with E-state index in [1.165, 1.54) is 7.11 Å². The summed E-state index contributed by atoms with van der Waals surface area (Å²) in [5, 5.41) is 3.69. The molecule has 0 heterocycles. The van der Waals surface area contributed by atoms with Crippen molar-refractivity contribution in [2.24, 2.45) is 15.9 Å². The highest BCUT2D eigenvalue weighted by Gasteiger charge is 2.31. The van der Waals surface area contributed by atoms with E-state index in [1.54, 1.807) is 0 Å². The van der Waals surface area contributed by atoms with Crippen molar-refractivity contribution in [3.05, 3.63) is 59.1 Å². The molecular weight excluding hydrogens is 266 g/mol. The maximum absolute atomic E-state index is 11.4. The molecule has 110 valence electrons. The smallest absolute Gasteiger partial charge is 0.305 e. The van der Waals surface area contributed by atoms with Gasteiger partial charge in [0.1, 0.15) is 0 Å². The molecule has 0 aliphatic heterocycles. The lowest BCUT2D eigenvalue weighted by Gasteiger charge is -2.34. The van der Waals surface area contributed by atoms with Crippen molar-refractivity contribution in [3.8, 4) is 0 Å². The minimum absolute atomic E-state index is 0.177. The van der Waals surface area contributed by atoms with Gasteiger partial charge in [0.05, 0.1) is 7.11 Å². The molecule has 2 aliphatic rings. The van der Waals surface area contributed by atoms with E-state index in [9.17, 15) is 4.79 Å². The third-order valence-electron chi connectivity index (χ3n) is 3.94. The van der Waals surface area contributed by atoms with Gasteiger partial charge in [0, 0.05) is 28.7 Å². The van der Waals surface area contributed by atoms with Gasteiger partial charge in [0.25, 0.3) is 0 Å². The van der Waals surface area contributed by atoms with Crippen LogP contribution in [0.15, 0.2) is 53.7 Å². The Hall–Kier alpha value is -2.26. The molecule has 0 unspecified atom stereocenters. The van der Waals surface area contributed by atoms with E-state index in [4.69, 9.17) is 5.53 Å². The Labute approximate surface area is 124 Å². The molecule has 0 atom stereocenters. The van der Waals surface area contributed by atoms with Crippen molar-refractivity contribution in [2.45, 2.75) is 19.3 Å². The highest BCUT2D eigenvalue weighted by molar-refractivity contribution is 5.69. The van der Waals surface area contributed by atoms with Crippen molar-refractivity contribution >= 4 is 5.97 Å². The standard InChI is InChI=1S/C16H19N3O2/c1-21-14(20)5-8-16(13-18-19-17)11-9-15(10-12-16)6-3-2-4-7-15/h3-4,6-7,9-12H,2,5,8,13H2,1H3. The zero-order chi connectivity index (χ0) is 15.2. The van der Waals surface area contributed by atoms with Crippen LogP contribution in [0.3, 0.4) is 0 Å². The average Bonchev–Trinajstić information content (AvgIpc) is 2.54. The van der Waals surface area contributed by atoms with Crippen LogP contribution in [0.4, 0.5) is 0 Å². The van der Waals surface area contributed by atoms with Gasteiger partial charge in [-0.25, -0.2) is 0 Å². The number of rotatable bonds is 5. The van der Waals surface area contributed by atoms with Gasteiger partial charge in [0.15, 0.2) is 0 Å². The number of allylic oxidation sites excluding steroid dienone is 6. The Morgan fingerprint density at radius 1 is 1.24 bits per heavy atom. The van der Waals surface area contributed by atoms with E-state index >= 15 is 0 Å². The van der Waals surface area contributed by atoms with Gasteiger partial charge in [-0.3, -0.25) is 4.79 Å². The fourth-order valence-corrected chi connectivity index (χ4v) is 2.58. The first-order valence-corrected chi connectivity index (χ1v) is 6.98. The van der Waals surface area contributed by atoms with E-state index in [0.29, 0.717) is 19.4 Å². The Bertz CT molecular complexity index is 538. The van der Waals surface area contributed by atoms with Gasteiger partial charge in [-0.05, 0) is 18.4 Å². The van der Waals surface area contributed by atoms with E-state index < -0.39 is 5.41 Å². The summed E-state index contributed by atoms with van der Waals surface area (Å²) >= 11 is 0. The molecule has 0 saturated carbocycles. The number of hydrogen-bond donors (Lipinski definition) is 0. The number of azide groups is 1. The Morgan fingerprint density at radius 3 is 2.48 bits per heavy atom. The van der Waals surface area contributed by atoms with E-state index in [2.05, 4.69) is 51.2 Å². The quantitative estimate of drug-likeness (QED) is 0.253. The maximum atomic E-state index is 11.4. The number of nitrogens with zero attached hydrogens (tertiary/aromatic N) is 3. The molecule has 2 aliphatic carbocycles. The third kappa shape index (κ3) is 3.64. The average molecular weight is 285 g/mol. The first-order chi connectivity index (χ1) is 10.1. The predicted octanol–water partition coefficient (Wildman–Crippen LogP) is 3.86. The van der Waals surface area contributed by atoms with Crippen LogP contribution in [0.1, 0.15) is 19.3 Å². The van der Waals surface area contributed by atoms with Crippen LogP contribution in [0, 0.1) is 10.8 Å². The predicted molar refractivity (Wildman–Crippen MR) is 81.3 cm³/mol. The molecule has 0 aromatic rings. The van der Waals surface area contributed by atoms with Crippen molar-refractivity contribution in [1.82, 2.24) is 0 Å². The zero-order valence-electron chi connectivity index (χ0n) is 12.1. The molecule has 0 radical (unpaired) electrons. The first-order valence-electron chi connectivity index (χ1n) is 6.98. The van der Waals surface area contributed by atoms with Crippen LogP contribution in [0.25, 0.3) is 10.4 Å².